The van der Waals surface area contributed by atoms with Crippen molar-refractivity contribution in [2.45, 2.75) is 26.8 Å². The van der Waals surface area contributed by atoms with Crippen LogP contribution in [0.2, 0.25) is 0 Å². The molecule has 0 saturated heterocycles. The number of para-hydroxylation sites is 1. The summed E-state index contributed by atoms with van der Waals surface area (Å²) in [6.07, 6.45) is 0. The van der Waals surface area contributed by atoms with Crippen LogP contribution in [0.3, 0.4) is 0 Å². The Morgan fingerprint density at radius 3 is 2.24 bits per heavy atom. The third-order valence-corrected chi connectivity index (χ3v) is 4.28. The minimum atomic E-state index is -0.377. The van der Waals surface area contributed by atoms with E-state index in [1.165, 1.54) is 4.90 Å². The van der Waals surface area contributed by atoms with Crippen LogP contribution in [0.15, 0.2) is 60.7 Å². The van der Waals surface area contributed by atoms with E-state index in [0.29, 0.717) is 12.4 Å². The molecular weight excluding hydrogens is 366 g/mol. The van der Waals surface area contributed by atoms with E-state index in [0.717, 1.165) is 11.3 Å². The second-order valence-electron chi connectivity index (χ2n) is 6.91. The van der Waals surface area contributed by atoms with E-state index in [1.54, 1.807) is 4.68 Å². The third-order valence-electron chi connectivity index (χ3n) is 4.28. The van der Waals surface area contributed by atoms with Gasteiger partial charge in [-0.1, -0.05) is 48.5 Å². The second kappa shape index (κ2) is 9.14. The molecule has 0 aliphatic rings. The van der Waals surface area contributed by atoms with Gasteiger partial charge >= 0.3 is 0 Å². The summed E-state index contributed by atoms with van der Waals surface area (Å²) in [6, 6.07) is 19.1. The van der Waals surface area contributed by atoms with Crippen LogP contribution in [0, 0.1) is 0 Å². The zero-order valence-corrected chi connectivity index (χ0v) is 16.9. The van der Waals surface area contributed by atoms with Crippen molar-refractivity contribution >= 4 is 11.8 Å². The van der Waals surface area contributed by atoms with Gasteiger partial charge in [0, 0.05) is 18.2 Å². The standard InChI is InChI=1S/C22H25N5O2/c1-4-26(15-19(28)23-16(2)3)22(29)20-24-21(17-11-7-5-8-12-17)27(25-20)18-13-9-6-10-14-18/h5-14,16H,4,15H2,1-3H3,(H,23,28). The summed E-state index contributed by atoms with van der Waals surface area (Å²) in [5, 5.41) is 7.28. The van der Waals surface area contributed by atoms with E-state index in [2.05, 4.69) is 15.4 Å². The highest BCUT2D eigenvalue weighted by Gasteiger charge is 2.24. The quantitative estimate of drug-likeness (QED) is 0.672. The van der Waals surface area contributed by atoms with E-state index in [4.69, 9.17) is 0 Å². The van der Waals surface area contributed by atoms with E-state index >= 15 is 0 Å². The normalized spacial score (nSPS) is 10.8. The fourth-order valence-corrected chi connectivity index (χ4v) is 2.94. The summed E-state index contributed by atoms with van der Waals surface area (Å²) in [6.45, 7) is 5.93. The number of carbonyl (C=O) groups excluding carboxylic acids is 2. The van der Waals surface area contributed by atoms with Crippen LogP contribution >= 0.6 is 0 Å². The highest BCUT2D eigenvalue weighted by atomic mass is 16.2. The lowest BCUT2D eigenvalue weighted by Gasteiger charge is -2.19. The molecule has 29 heavy (non-hydrogen) atoms. The fraction of sp³-hybridized carbons (Fsp3) is 0.273. The lowest BCUT2D eigenvalue weighted by Crippen LogP contribution is -2.43. The molecule has 7 heteroatoms. The molecule has 2 aromatic carbocycles. The number of nitrogens with zero attached hydrogens (tertiary/aromatic N) is 4. The Kier molecular flexibility index (Phi) is 6.39. The summed E-state index contributed by atoms with van der Waals surface area (Å²) in [4.78, 5) is 31.1. The van der Waals surface area contributed by atoms with Gasteiger partial charge in [-0.2, -0.15) is 0 Å². The van der Waals surface area contributed by atoms with Crippen molar-refractivity contribution < 1.29 is 9.59 Å². The lowest BCUT2D eigenvalue weighted by atomic mass is 10.2. The van der Waals surface area contributed by atoms with Gasteiger partial charge in [0.2, 0.25) is 11.7 Å². The summed E-state index contributed by atoms with van der Waals surface area (Å²) >= 11 is 0. The van der Waals surface area contributed by atoms with Gasteiger partial charge in [-0.3, -0.25) is 9.59 Å². The Morgan fingerprint density at radius 1 is 1.03 bits per heavy atom. The van der Waals surface area contributed by atoms with E-state index in [1.807, 2.05) is 81.4 Å². The number of benzene rings is 2. The molecule has 0 saturated carbocycles. The van der Waals surface area contributed by atoms with Crippen molar-refractivity contribution in [3.8, 4) is 17.1 Å². The molecule has 3 rings (SSSR count). The average Bonchev–Trinajstić information content (AvgIpc) is 3.18. The molecule has 0 aliphatic heterocycles. The van der Waals surface area contributed by atoms with Crippen molar-refractivity contribution in [3.05, 3.63) is 66.5 Å². The zero-order valence-electron chi connectivity index (χ0n) is 16.9. The Bertz CT molecular complexity index is 910. The van der Waals surface area contributed by atoms with Gasteiger partial charge in [0.1, 0.15) is 0 Å². The second-order valence-corrected chi connectivity index (χ2v) is 6.91. The Morgan fingerprint density at radius 2 is 1.66 bits per heavy atom. The van der Waals surface area contributed by atoms with Gasteiger partial charge < -0.3 is 10.2 Å². The Balaban J connectivity index is 1.96. The molecule has 1 heterocycles. The van der Waals surface area contributed by atoms with Crippen molar-refractivity contribution in [3.63, 3.8) is 0 Å². The molecule has 150 valence electrons. The SMILES string of the molecule is CCN(CC(=O)NC(C)C)C(=O)c1nc(-c2ccccc2)n(-c2ccccc2)n1. The molecule has 7 nitrogen and oxygen atoms in total. The number of nitrogens with one attached hydrogen (secondary N) is 1. The Hall–Kier alpha value is -3.48. The van der Waals surface area contributed by atoms with Gasteiger partial charge in [-0.05, 0) is 32.9 Å². The maximum atomic E-state index is 13.0. The van der Waals surface area contributed by atoms with E-state index in [-0.39, 0.29) is 30.2 Å². The number of rotatable bonds is 7. The number of carbonyl (C=O) groups is 2. The van der Waals surface area contributed by atoms with Crippen LogP contribution in [0.25, 0.3) is 17.1 Å². The number of aromatic nitrogens is 3. The fourth-order valence-electron chi connectivity index (χ4n) is 2.94. The molecule has 3 aromatic rings. The molecular formula is C22H25N5O2. The number of amides is 2. The first kappa shape index (κ1) is 20.3. The predicted octanol–water partition coefficient (Wildman–Crippen LogP) is 2.92. The van der Waals surface area contributed by atoms with E-state index < -0.39 is 0 Å². The van der Waals surface area contributed by atoms with Gasteiger partial charge in [0.25, 0.3) is 5.91 Å². The van der Waals surface area contributed by atoms with Crippen LogP contribution in [-0.4, -0.2) is 50.6 Å². The van der Waals surface area contributed by atoms with Crippen LogP contribution < -0.4 is 5.32 Å². The molecule has 2 amide bonds. The molecule has 0 bridgehead atoms. The first-order valence-electron chi connectivity index (χ1n) is 9.66. The molecule has 0 fully saturated rings. The van der Waals surface area contributed by atoms with Crippen molar-refractivity contribution in [1.29, 1.82) is 0 Å². The summed E-state index contributed by atoms with van der Waals surface area (Å²) < 4.78 is 1.66. The maximum Gasteiger partial charge on any atom is 0.294 e. The molecule has 1 aromatic heterocycles. The summed E-state index contributed by atoms with van der Waals surface area (Å²) in [7, 11) is 0. The number of hydrogen-bond acceptors (Lipinski definition) is 4. The highest BCUT2D eigenvalue weighted by molar-refractivity contribution is 5.94. The van der Waals surface area contributed by atoms with Crippen molar-refractivity contribution in [2.24, 2.45) is 0 Å². The van der Waals surface area contributed by atoms with Crippen molar-refractivity contribution in [1.82, 2.24) is 25.0 Å². The minimum Gasteiger partial charge on any atom is -0.352 e. The third kappa shape index (κ3) is 4.87. The largest absolute Gasteiger partial charge is 0.352 e. The average molecular weight is 391 g/mol. The first-order chi connectivity index (χ1) is 14.0. The van der Waals surface area contributed by atoms with Gasteiger partial charge in [0.15, 0.2) is 5.82 Å². The van der Waals surface area contributed by atoms with Gasteiger partial charge in [-0.15, -0.1) is 5.10 Å². The zero-order chi connectivity index (χ0) is 20.8. The smallest absolute Gasteiger partial charge is 0.294 e. The molecule has 1 N–H and O–H groups in total. The number of likely N-dealkylation sites (N-methyl/N-ethyl adjacent to an activating group) is 1. The van der Waals surface area contributed by atoms with Crippen LogP contribution in [-0.2, 0) is 4.79 Å². The monoisotopic (exact) mass is 391 g/mol. The maximum absolute atomic E-state index is 13.0. The van der Waals surface area contributed by atoms with Crippen LogP contribution in [0.4, 0.5) is 0 Å². The van der Waals surface area contributed by atoms with Gasteiger partial charge in [-0.25, -0.2) is 9.67 Å². The molecule has 0 aliphatic carbocycles. The summed E-state index contributed by atoms with van der Waals surface area (Å²) in [5.41, 5.74) is 1.65. The van der Waals surface area contributed by atoms with Crippen LogP contribution in [0.1, 0.15) is 31.4 Å². The predicted molar refractivity (Wildman–Crippen MR) is 112 cm³/mol. The highest BCUT2D eigenvalue weighted by Crippen LogP contribution is 2.21. The molecule has 0 spiro atoms. The molecule has 0 radical (unpaired) electrons. The Labute approximate surface area is 170 Å². The lowest BCUT2D eigenvalue weighted by molar-refractivity contribution is -0.122. The minimum absolute atomic E-state index is 0.0106. The van der Waals surface area contributed by atoms with Crippen LogP contribution in [0.5, 0.6) is 0 Å². The van der Waals surface area contributed by atoms with E-state index in [9.17, 15) is 9.59 Å². The first-order valence-corrected chi connectivity index (χ1v) is 9.66. The van der Waals surface area contributed by atoms with Crippen molar-refractivity contribution in [2.75, 3.05) is 13.1 Å². The number of hydrogen-bond donors (Lipinski definition) is 1. The summed E-state index contributed by atoms with van der Waals surface area (Å²) in [5.74, 6) is 0.0500. The molecule has 0 unspecified atom stereocenters. The molecule has 0 atom stereocenters. The van der Waals surface area contributed by atoms with Gasteiger partial charge in [0.05, 0.1) is 12.2 Å². The topological polar surface area (TPSA) is 80.1 Å².